The van der Waals surface area contributed by atoms with Gasteiger partial charge in [-0.1, -0.05) is 0 Å². The molecule has 5 N–H and O–H groups in total. The summed E-state index contributed by atoms with van der Waals surface area (Å²) in [5.41, 5.74) is 5.52. The number of rotatable bonds is 2. The quantitative estimate of drug-likeness (QED) is 0.415. The summed E-state index contributed by atoms with van der Waals surface area (Å²) in [7, 11) is 0. The lowest BCUT2D eigenvalue weighted by Crippen LogP contribution is -2.70. The van der Waals surface area contributed by atoms with Gasteiger partial charge in [-0.15, -0.1) is 0 Å². The fourth-order valence-electron chi connectivity index (χ4n) is 2.43. The van der Waals surface area contributed by atoms with Crippen LogP contribution in [-0.2, 0) is 9.47 Å². The Hall–Kier alpha value is -0.280. The average Bonchev–Trinajstić information content (AvgIpc) is 2.36. The van der Waals surface area contributed by atoms with Gasteiger partial charge in [-0.05, 0) is 0 Å². The molecule has 0 bridgehead atoms. The predicted molar refractivity (Wildman–Crippen MR) is 58.1 cm³/mol. The zero-order chi connectivity index (χ0) is 12.5. The lowest BCUT2D eigenvalue weighted by molar-refractivity contribution is -0.303. The molecule has 4 unspecified atom stereocenters. The second-order valence-electron chi connectivity index (χ2n) is 4.51. The van der Waals surface area contributed by atoms with Gasteiger partial charge < -0.3 is 30.5 Å². The summed E-state index contributed by atoms with van der Waals surface area (Å²) >= 11 is 0. The van der Waals surface area contributed by atoms with Crippen LogP contribution in [-0.4, -0.2) is 83.7 Å². The molecule has 4 atom stereocenters. The molecular formula is C10H20N2O5. The number of aliphatic hydroxyl groups excluding tert-OH is 2. The molecule has 0 spiro atoms. The van der Waals surface area contributed by atoms with E-state index < -0.39 is 24.0 Å². The van der Waals surface area contributed by atoms with E-state index in [1.165, 1.54) is 0 Å². The van der Waals surface area contributed by atoms with Crippen LogP contribution in [0.2, 0.25) is 0 Å². The van der Waals surface area contributed by atoms with Crippen LogP contribution in [0.5, 0.6) is 0 Å². The van der Waals surface area contributed by atoms with E-state index >= 15 is 0 Å². The summed E-state index contributed by atoms with van der Waals surface area (Å²) in [4.78, 5) is 1.85. The van der Waals surface area contributed by atoms with Crippen LogP contribution in [0.3, 0.4) is 0 Å². The summed E-state index contributed by atoms with van der Waals surface area (Å²) < 4.78 is 10.4. The summed E-state index contributed by atoms with van der Waals surface area (Å²) in [6.07, 6.45) is -2.08. The average molecular weight is 248 g/mol. The number of ether oxygens (including phenoxy) is 2. The van der Waals surface area contributed by atoms with Gasteiger partial charge in [0.25, 0.3) is 0 Å². The van der Waals surface area contributed by atoms with Gasteiger partial charge in [-0.25, -0.2) is 0 Å². The highest BCUT2D eigenvalue weighted by Crippen LogP contribution is 2.28. The minimum Gasteiger partial charge on any atom is -0.388 e. The summed E-state index contributed by atoms with van der Waals surface area (Å²) in [5, 5.41) is 29.9. The van der Waals surface area contributed by atoms with Crippen molar-refractivity contribution in [1.29, 1.82) is 0 Å². The predicted octanol–water partition coefficient (Wildman–Crippen LogP) is -2.91. The van der Waals surface area contributed by atoms with Gasteiger partial charge in [0.1, 0.15) is 12.2 Å². The van der Waals surface area contributed by atoms with Crippen molar-refractivity contribution < 1.29 is 24.8 Å². The summed E-state index contributed by atoms with van der Waals surface area (Å²) in [5.74, 6) is -1.62. The lowest BCUT2D eigenvalue weighted by atomic mass is 9.92. The normalized spacial score (nSPS) is 44.8. The molecule has 0 aromatic rings. The Morgan fingerprint density at radius 2 is 1.94 bits per heavy atom. The molecule has 0 aromatic carbocycles. The first-order chi connectivity index (χ1) is 8.08. The highest BCUT2D eigenvalue weighted by molar-refractivity contribution is 4.99. The van der Waals surface area contributed by atoms with E-state index in [2.05, 4.69) is 0 Å². The van der Waals surface area contributed by atoms with Crippen molar-refractivity contribution in [2.75, 3.05) is 39.5 Å². The molecular weight excluding hydrogens is 228 g/mol. The second-order valence-corrected chi connectivity index (χ2v) is 4.51. The van der Waals surface area contributed by atoms with Crippen molar-refractivity contribution in [3.05, 3.63) is 0 Å². The Kier molecular flexibility index (Phi) is 3.99. The van der Waals surface area contributed by atoms with Crippen LogP contribution in [0.25, 0.3) is 0 Å². The number of nitrogens with two attached hydrogens (primary N) is 1. The maximum absolute atomic E-state index is 10.3. The Labute approximate surface area is 99.7 Å². The van der Waals surface area contributed by atoms with Crippen LogP contribution < -0.4 is 5.73 Å². The SMILES string of the molecule is NCC1(O)OCC(O)C(O)C1N1CCOCC1. The van der Waals surface area contributed by atoms with Crippen molar-refractivity contribution in [1.82, 2.24) is 4.90 Å². The molecule has 0 saturated carbocycles. The Morgan fingerprint density at radius 3 is 2.53 bits per heavy atom. The molecule has 100 valence electrons. The van der Waals surface area contributed by atoms with E-state index in [1.54, 1.807) is 0 Å². The smallest absolute Gasteiger partial charge is 0.196 e. The van der Waals surface area contributed by atoms with Crippen molar-refractivity contribution in [2.24, 2.45) is 5.73 Å². The summed E-state index contributed by atoms with van der Waals surface area (Å²) in [6, 6.07) is -0.722. The third kappa shape index (κ3) is 2.45. The first-order valence-corrected chi connectivity index (χ1v) is 5.83. The third-order valence-electron chi connectivity index (χ3n) is 3.42. The van der Waals surface area contributed by atoms with E-state index in [9.17, 15) is 15.3 Å². The molecule has 2 fully saturated rings. The number of nitrogens with zero attached hydrogens (tertiary/aromatic N) is 1. The van der Waals surface area contributed by atoms with E-state index in [-0.39, 0.29) is 13.2 Å². The number of hydrogen-bond donors (Lipinski definition) is 4. The summed E-state index contributed by atoms with van der Waals surface area (Å²) in [6.45, 7) is 1.95. The minimum absolute atomic E-state index is 0.115. The van der Waals surface area contributed by atoms with Crippen molar-refractivity contribution in [3.63, 3.8) is 0 Å². The van der Waals surface area contributed by atoms with Crippen molar-refractivity contribution in [2.45, 2.75) is 24.0 Å². The largest absolute Gasteiger partial charge is 0.388 e. The highest BCUT2D eigenvalue weighted by Gasteiger charge is 2.51. The molecule has 0 radical (unpaired) electrons. The molecule has 2 saturated heterocycles. The van der Waals surface area contributed by atoms with Crippen LogP contribution >= 0.6 is 0 Å². The molecule has 2 heterocycles. The maximum Gasteiger partial charge on any atom is 0.196 e. The fraction of sp³-hybridized carbons (Fsp3) is 1.00. The fourth-order valence-corrected chi connectivity index (χ4v) is 2.43. The van der Waals surface area contributed by atoms with Gasteiger partial charge in [0.05, 0.1) is 25.9 Å². The van der Waals surface area contributed by atoms with E-state index in [0.717, 1.165) is 0 Å². The standard InChI is InChI=1S/C10H20N2O5/c11-6-10(15)9(8(14)7(13)5-17-10)12-1-3-16-4-2-12/h7-9,13-15H,1-6,11H2. The minimum atomic E-state index is -1.62. The number of aliphatic hydroxyl groups is 3. The monoisotopic (exact) mass is 248 g/mol. The molecule has 7 nitrogen and oxygen atoms in total. The molecule has 0 amide bonds. The molecule has 2 aliphatic heterocycles. The maximum atomic E-state index is 10.3. The molecule has 7 heteroatoms. The number of morpholine rings is 1. The van der Waals surface area contributed by atoms with Crippen LogP contribution in [0, 0.1) is 0 Å². The third-order valence-corrected chi connectivity index (χ3v) is 3.42. The van der Waals surface area contributed by atoms with E-state index in [4.69, 9.17) is 15.2 Å². The van der Waals surface area contributed by atoms with E-state index in [0.29, 0.717) is 26.3 Å². The highest BCUT2D eigenvalue weighted by atomic mass is 16.6. The van der Waals surface area contributed by atoms with Gasteiger partial charge in [0, 0.05) is 19.6 Å². The van der Waals surface area contributed by atoms with Crippen molar-refractivity contribution in [3.8, 4) is 0 Å². The second kappa shape index (κ2) is 5.15. The van der Waals surface area contributed by atoms with Crippen LogP contribution in [0.15, 0.2) is 0 Å². The lowest BCUT2D eigenvalue weighted by Gasteiger charge is -2.49. The zero-order valence-corrected chi connectivity index (χ0v) is 9.66. The zero-order valence-electron chi connectivity index (χ0n) is 9.66. The van der Waals surface area contributed by atoms with Gasteiger partial charge in [-0.2, -0.15) is 0 Å². The first kappa shape index (κ1) is 13.2. The molecule has 0 aliphatic carbocycles. The molecule has 2 aliphatic rings. The van der Waals surface area contributed by atoms with Gasteiger partial charge in [-0.3, -0.25) is 4.90 Å². The number of hydrogen-bond acceptors (Lipinski definition) is 7. The van der Waals surface area contributed by atoms with E-state index in [1.807, 2.05) is 4.90 Å². The van der Waals surface area contributed by atoms with Gasteiger partial charge in [0.15, 0.2) is 5.79 Å². The first-order valence-electron chi connectivity index (χ1n) is 5.83. The van der Waals surface area contributed by atoms with Gasteiger partial charge >= 0.3 is 0 Å². The Bertz CT molecular complexity index is 261. The molecule has 17 heavy (non-hydrogen) atoms. The Morgan fingerprint density at radius 1 is 1.29 bits per heavy atom. The van der Waals surface area contributed by atoms with Crippen molar-refractivity contribution >= 4 is 0 Å². The van der Waals surface area contributed by atoms with Crippen LogP contribution in [0.4, 0.5) is 0 Å². The topological polar surface area (TPSA) is 108 Å². The molecule has 2 rings (SSSR count). The van der Waals surface area contributed by atoms with Gasteiger partial charge in [0.2, 0.25) is 0 Å². The van der Waals surface area contributed by atoms with Crippen LogP contribution in [0.1, 0.15) is 0 Å². The molecule has 0 aromatic heterocycles. The Balaban J connectivity index is 2.16.